The Labute approximate surface area is 74.3 Å². The van der Waals surface area contributed by atoms with Crippen molar-refractivity contribution in [1.29, 1.82) is 5.26 Å². The zero-order valence-electron chi connectivity index (χ0n) is 6.62. The van der Waals surface area contributed by atoms with Crippen molar-refractivity contribution in [2.75, 3.05) is 0 Å². The molecule has 2 aromatic heterocycles. The molecule has 2 rings (SSSR count). The van der Waals surface area contributed by atoms with E-state index in [4.69, 9.17) is 5.26 Å². The molecule has 0 radical (unpaired) electrons. The van der Waals surface area contributed by atoms with E-state index in [1.165, 1.54) is 4.68 Å². The third-order valence-electron chi connectivity index (χ3n) is 1.51. The van der Waals surface area contributed by atoms with Gasteiger partial charge in [0.1, 0.15) is 11.8 Å². The van der Waals surface area contributed by atoms with Gasteiger partial charge in [-0.25, -0.2) is 9.67 Å². The maximum absolute atomic E-state index is 8.60. The van der Waals surface area contributed by atoms with E-state index in [1.54, 1.807) is 30.6 Å². The maximum Gasteiger partial charge on any atom is 0.156 e. The molecule has 13 heavy (non-hydrogen) atoms. The first-order valence-electron chi connectivity index (χ1n) is 3.64. The minimum Gasteiger partial charge on any atom is -0.218 e. The van der Waals surface area contributed by atoms with Crippen LogP contribution in [0.1, 0.15) is 5.69 Å². The fraction of sp³-hybridized carbons (Fsp3) is 0. The number of hydrogen-bond acceptors (Lipinski definition) is 4. The first-order chi connectivity index (χ1) is 6.40. The summed E-state index contributed by atoms with van der Waals surface area (Å²) >= 11 is 0. The van der Waals surface area contributed by atoms with E-state index in [1.807, 2.05) is 6.07 Å². The number of pyridine rings is 1. The van der Waals surface area contributed by atoms with Crippen LogP contribution in [0.2, 0.25) is 0 Å². The van der Waals surface area contributed by atoms with Gasteiger partial charge in [-0.1, -0.05) is 11.3 Å². The van der Waals surface area contributed by atoms with Crippen LogP contribution >= 0.6 is 0 Å². The maximum atomic E-state index is 8.60. The Morgan fingerprint density at radius 2 is 2.31 bits per heavy atom. The normalized spacial score (nSPS) is 9.46. The van der Waals surface area contributed by atoms with Crippen molar-refractivity contribution in [3.05, 3.63) is 36.3 Å². The predicted molar refractivity (Wildman–Crippen MR) is 43.9 cm³/mol. The fourth-order valence-electron chi connectivity index (χ4n) is 0.944. The topological polar surface area (TPSA) is 67.4 Å². The lowest BCUT2D eigenvalue weighted by Gasteiger charge is -1.97. The molecule has 0 aromatic carbocycles. The van der Waals surface area contributed by atoms with E-state index in [9.17, 15) is 0 Å². The van der Waals surface area contributed by atoms with Crippen molar-refractivity contribution in [2.24, 2.45) is 0 Å². The summed E-state index contributed by atoms with van der Waals surface area (Å²) in [5, 5.41) is 16.0. The van der Waals surface area contributed by atoms with Crippen LogP contribution in [0.4, 0.5) is 0 Å². The van der Waals surface area contributed by atoms with E-state index in [2.05, 4.69) is 15.3 Å². The molecule has 5 nitrogen and oxygen atoms in total. The monoisotopic (exact) mass is 171 g/mol. The Kier molecular flexibility index (Phi) is 1.73. The third-order valence-corrected chi connectivity index (χ3v) is 1.51. The molecule has 5 heteroatoms. The number of hydrogen-bond donors (Lipinski definition) is 0. The predicted octanol–water partition coefficient (Wildman–Crippen LogP) is 0.534. The summed E-state index contributed by atoms with van der Waals surface area (Å²) < 4.78 is 1.50. The van der Waals surface area contributed by atoms with E-state index in [0.717, 1.165) is 0 Å². The van der Waals surface area contributed by atoms with Crippen molar-refractivity contribution < 1.29 is 0 Å². The van der Waals surface area contributed by atoms with Crippen LogP contribution in [0, 0.1) is 11.3 Å². The van der Waals surface area contributed by atoms with Gasteiger partial charge in [-0.3, -0.25) is 0 Å². The van der Waals surface area contributed by atoms with Crippen LogP contribution in [0.5, 0.6) is 0 Å². The largest absolute Gasteiger partial charge is 0.218 e. The molecule has 0 unspecified atom stereocenters. The van der Waals surface area contributed by atoms with Crippen molar-refractivity contribution in [2.45, 2.75) is 0 Å². The summed E-state index contributed by atoms with van der Waals surface area (Å²) in [6.07, 6.45) is 3.23. The quantitative estimate of drug-likeness (QED) is 0.627. The average Bonchev–Trinajstić information content (AvgIpc) is 2.71. The molecular formula is C8H5N5. The molecule has 0 saturated heterocycles. The van der Waals surface area contributed by atoms with Crippen LogP contribution < -0.4 is 0 Å². The zero-order valence-corrected chi connectivity index (χ0v) is 6.62. The number of nitriles is 1. The van der Waals surface area contributed by atoms with Crippen molar-refractivity contribution in [3.63, 3.8) is 0 Å². The Balaban J connectivity index is 2.49. The molecule has 0 saturated carbocycles. The SMILES string of the molecule is N#Cc1cccc(-n2ccnn2)n1. The Morgan fingerprint density at radius 1 is 1.38 bits per heavy atom. The lowest BCUT2D eigenvalue weighted by molar-refractivity contribution is 0.780. The van der Waals surface area contributed by atoms with Crippen molar-refractivity contribution in [1.82, 2.24) is 20.0 Å². The van der Waals surface area contributed by atoms with Gasteiger partial charge in [-0.05, 0) is 12.1 Å². The number of nitrogens with zero attached hydrogens (tertiary/aromatic N) is 5. The van der Waals surface area contributed by atoms with Gasteiger partial charge in [-0.2, -0.15) is 5.26 Å². The van der Waals surface area contributed by atoms with Crippen LogP contribution in [0.15, 0.2) is 30.6 Å². The van der Waals surface area contributed by atoms with E-state index in [0.29, 0.717) is 11.5 Å². The Morgan fingerprint density at radius 3 is 3.00 bits per heavy atom. The molecule has 0 aliphatic rings. The van der Waals surface area contributed by atoms with Crippen LogP contribution in [0.3, 0.4) is 0 Å². The van der Waals surface area contributed by atoms with E-state index >= 15 is 0 Å². The van der Waals surface area contributed by atoms with Crippen LogP contribution in [-0.4, -0.2) is 20.0 Å². The zero-order chi connectivity index (χ0) is 9.10. The average molecular weight is 171 g/mol. The minimum absolute atomic E-state index is 0.369. The highest BCUT2D eigenvalue weighted by Crippen LogP contribution is 2.01. The first-order valence-corrected chi connectivity index (χ1v) is 3.64. The van der Waals surface area contributed by atoms with Crippen LogP contribution in [-0.2, 0) is 0 Å². The summed E-state index contributed by atoms with van der Waals surface area (Å²) in [7, 11) is 0. The molecule has 0 N–H and O–H groups in total. The highest BCUT2D eigenvalue weighted by atomic mass is 15.4. The highest BCUT2D eigenvalue weighted by Gasteiger charge is 1.98. The second-order valence-corrected chi connectivity index (χ2v) is 2.34. The van der Waals surface area contributed by atoms with E-state index < -0.39 is 0 Å². The van der Waals surface area contributed by atoms with Crippen molar-refractivity contribution in [3.8, 4) is 11.9 Å². The molecule has 62 valence electrons. The summed E-state index contributed by atoms with van der Waals surface area (Å²) in [6, 6.07) is 7.11. The van der Waals surface area contributed by atoms with Crippen molar-refractivity contribution >= 4 is 0 Å². The molecule has 0 spiro atoms. The lowest BCUT2D eigenvalue weighted by atomic mass is 10.4. The van der Waals surface area contributed by atoms with Gasteiger partial charge < -0.3 is 0 Å². The van der Waals surface area contributed by atoms with Gasteiger partial charge in [0, 0.05) is 0 Å². The smallest absolute Gasteiger partial charge is 0.156 e. The lowest BCUT2D eigenvalue weighted by Crippen LogP contribution is -1.99. The van der Waals surface area contributed by atoms with Gasteiger partial charge in [-0.15, -0.1) is 5.10 Å². The van der Waals surface area contributed by atoms with Gasteiger partial charge in [0.25, 0.3) is 0 Å². The second kappa shape index (κ2) is 3.03. The molecule has 2 aromatic rings. The first kappa shape index (κ1) is 7.43. The summed E-state index contributed by atoms with van der Waals surface area (Å²) in [5.41, 5.74) is 0.369. The van der Waals surface area contributed by atoms with Gasteiger partial charge in [0.2, 0.25) is 0 Å². The number of rotatable bonds is 1. The summed E-state index contributed by atoms with van der Waals surface area (Å²) in [6.45, 7) is 0. The molecular weight excluding hydrogens is 166 g/mol. The minimum atomic E-state index is 0.369. The van der Waals surface area contributed by atoms with Gasteiger partial charge >= 0.3 is 0 Å². The molecule has 0 atom stereocenters. The van der Waals surface area contributed by atoms with Crippen LogP contribution in [0.25, 0.3) is 5.82 Å². The Bertz CT molecular complexity index is 440. The summed E-state index contributed by atoms with van der Waals surface area (Å²) in [4.78, 5) is 4.03. The fourth-order valence-corrected chi connectivity index (χ4v) is 0.944. The second-order valence-electron chi connectivity index (χ2n) is 2.34. The number of aromatic nitrogens is 4. The molecule has 0 fully saturated rings. The Hall–Kier alpha value is -2.22. The molecule has 0 aliphatic carbocycles. The standard InChI is InChI=1S/C8H5N5/c9-6-7-2-1-3-8(11-7)13-5-4-10-12-13/h1-5H. The highest BCUT2D eigenvalue weighted by molar-refractivity contribution is 5.28. The molecule has 0 bridgehead atoms. The van der Waals surface area contributed by atoms with Gasteiger partial charge in [0.05, 0.1) is 12.4 Å². The van der Waals surface area contributed by atoms with Gasteiger partial charge in [0.15, 0.2) is 5.82 Å². The third kappa shape index (κ3) is 1.37. The molecule has 0 amide bonds. The molecule has 0 aliphatic heterocycles. The summed E-state index contributed by atoms with van der Waals surface area (Å²) in [5.74, 6) is 0.594. The van der Waals surface area contributed by atoms with E-state index in [-0.39, 0.29) is 0 Å². The molecule has 2 heterocycles.